The van der Waals surface area contributed by atoms with Gasteiger partial charge in [0.15, 0.2) is 0 Å². The van der Waals surface area contributed by atoms with Gasteiger partial charge in [0.2, 0.25) is 0 Å². The molecule has 1 atom stereocenters. The lowest BCUT2D eigenvalue weighted by atomic mass is 9.80. The van der Waals surface area contributed by atoms with E-state index in [0.29, 0.717) is 5.41 Å². The highest BCUT2D eigenvalue weighted by molar-refractivity contribution is 5.60. The minimum Gasteiger partial charge on any atom is -0.384 e. The third-order valence-corrected chi connectivity index (χ3v) is 3.67. The number of hydrogen-bond donors (Lipinski definition) is 1. The van der Waals surface area contributed by atoms with E-state index >= 15 is 0 Å². The molecule has 0 aromatic heterocycles. The Morgan fingerprint density at radius 2 is 2.08 bits per heavy atom. The van der Waals surface area contributed by atoms with Crippen LogP contribution in [0.2, 0.25) is 0 Å². The average molecular weight is 173 g/mol. The van der Waals surface area contributed by atoms with Gasteiger partial charge in [0.1, 0.15) is 0 Å². The summed E-state index contributed by atoms with van der Waals surface area (Å²) in [5.41, 5.74) is 3.32. The van der Waals surface area contributed by atoms with Crippen LogP contribution in [-0.4, -0.2) is 6.54 Å². The minimum atomic E-state index is 0.427. The van der Waals surface area contributed by atoms with Gasteiger partial charge in [-0.25, -0.2) is 0 Å². The van der Waals surface area contributed by atoms with Gasteiger partial charge in [-0.05, 0) is 30.4 Å². The molecule has 1 heteroatoms. The first-order chi connectivity index (χ1) is 6.31. The van der Waals surface area contributed by atoms with Crippen LogP contribution in [0.25, 0.3) is 0 Å². The summed E-state index contributed by atoms with van der Waals surface area (Å²) >= 11 is 0. The van der Waals surface area contributed by atoms with Gasteiger partial charge in [-0.2, -0.15) is 0 Å². The van der Waals surface area contributed by atoms with Gasteiger partial charge >= 0.3 is 0 Å². The van der Waals surface area contributed by atoms with E-state index in [9.17, 15) is 0 Å². The lowest BCUT2D eigenvalue weighted by molar-refractivity contribution is 0.453. The Kier molecular flexibility index (Phi) is 1.30. The standard InChI is InChI=1S/C12H15N/c1-12(9-6-7-9)8-13-11-5-3-2-4-10(11)12/h2-5,9,13H,6-8H2,1H3. The molecule has 1 N–H and O–H groups in total. The van der Waals surface area contributed by atoms with Crippen LogP contribution in [0.4, 0.5) is 5.69 Å². The van der Waals surface area contributed by atoms with Gasteiger partial charge in [-0.1, -0.05) is 25.1 Å². The van der Waals surface area contributed by atoms with Crippen LogP contribution >= 0.6 is 0 Å². The van der Waals surface area contributed by atoms with Gasteiger partial charge in [0.05, 0.1) is 0 Å². The summed E-state index contributed by atoms with van der Waals surface area (Å²) in [5.74, 6) is 0.934. The zero-order valence-corrected chi connectivity index (χ0v) is 8.01. The number of hydrogen-bond acceptors (Lipinski definition) is 1. The summed E-state index contributed by atoms with van der Waals surface area (Å²) in [5, 5.41) is 3.51. The molecule has 0 saturated heterocycles. The minimum absolute atomic E-state index is 0.427. The van der Waals surface area contributed by atoms with Crippen LogP contribution in [-0.2, 0) is 5.41 Å². The van der Waals surface area contributed by atoms with Crippen molar-refractivity contribution in [3.05, 3.63) is 29.8 Å². The fraction of sp³-hybridized carbons (Fsp3) is 0.500. The summed E-state index contributed by atoms with van der Waals surface area (Å²) < 4.78 is 0. The maximum Gasteiger partial charge on any atom is 0.0379 e. The van der Waals surface area contributed by atoms with Crippen molar-refractivity contribution in [2.45, 2.75) is 25.2 Å². The van der Waals surface area contributed by atoms with Crippen LogP contribution in [0, 0.1) is 5.92 Å². The molecule has 1 aromatic carbocycles. The molecule has 2 aliphatic rings. The first-order valence-corrected chi connectivity index (χ1v) is 5.14. The molecular formula is C12H15N. The van der Waals surface area contributed by atoms with E-state index in [0.717, 1.165) is 12.5 Å². The predicted molar refractivity (Wildman–Crippen MR) is 55.0 cm³/mol. The molecule has 1 aromatic rings. The predicted octanol–water partition coefficient (Wildman–Crippen LogP) is 2.78. The van der Waals surface area contributed by atoms with Crippen LogP contribution in [0.15, 0.2) is 24.3 Å². The second kappa shape index (κ2) is 2.28. The van der Waals surface area contributed by atoms with Crippen molar-refractivity contribution in [3.63, 3.8) is 0 Å². The van der Waals surface area contributed by atoms with Gasteiger partial charge in [0.25, 0.3) is 0 Å². The van der Waals surface area contributed by atoms with Crippen molar-refractivity contribution in [3.8, 4) is 0 Å². The number of benzene rings is 1. The van der Waals surface area contributed by atoms with Gasteiger partial charge in [0, 0.05) is 17.6 Å². The number of rotatable bonds is 1. The Hall–Kier alpha value is -0.980. The largest absolute Gasteiger partial charge is 0.384 e. The van der Waals surface area contributed by atoms with Crippen molar-refractivity contribution < 1.29 is 0 Å². The van der Waals surface area contributed by atoms with E-state index in [2.05, 4.69) is 36.5 Å². The topological polar surface area (TPSA) is 12.0 Å². The molecular weight excluding hydrogens is 158 g/mol. The number of nitrogens with one attached hydrogen (secondary N) is 1. The third kappa shape index (κ3) is 0.932. The van der Waals surface area contributed by atoms with E-state index in [-0.39, 0.29) is 0 Å². The molecule has 0 radical (unpaired) electrons. The Bertz CT molecular complexity index is 341. The van der Waals surface area contributed by atoms with E-state index in [1.165, 1.54) is 24.1 Å². The summed E-state index contributed by atoms with van der Waals surface area (Å²) in [6.45, 7) is 3.54. The molecule has 68 valence electrons. The van der Waals surface area contributed by atoms with E-state index in [4.69, 9.17) is 0 Å². The lowest BCUT2D eigenvalue weighted by Crippen LogP contribution is -2.26. The monoisotopic (exact) mass is 173 g/mol. The van der Waals surface area contributed by atoms with Crippen molar-refractivity contribution in [2.75, 3.05) is 11.9 Å². The maximum absolute atomic E-state index is 3.51. The molecule has 1 unspecified atom stereocenters. The Morgan fingerprint density at radius 3 is 2.85 bits per heavy atom. The molecule has 1 fully saturated rings. The molecule has 0 spiro atoms. The second-order valence-corrected chi connectivity index (χ2v) is 4.59. The highest BCUT2D eigenvalue weighted by Gasteiger charge is 2.46. The maximum atomic E-state index is 3.51. The number of para-hydroxylation sites is 1. The molecule has 1 aliphatic carbocycles. The highest BCUT2D eigenvalue weighted by atomic mass is 14.9. The first kappa shape index (κ1) is 7.43. The smallest absolute Gasteiger partial charge is 0.0379 e. The zero-order valence-electron chi connectivity index (χ0n) is 8.01. The number of anilines is 1. The van der Waals surface area contributed by atoms with Crippen molar-refractivity contribution in [1.29, 1.82) is 0 Å². The Morgan fingerprint density at radius 1 is 1.31 bits per heavy atom. The van der Waals surface area contributed by atoms with Crippen molar-refractivity contribution in [1.82, 2.24) is 0 Å². The zero-order chi connectivity index (χ0) is 8.89. The third-order valence-electron chi connectivity index (χ3n) is 3.67. The molecule has 1 aliphatic heterocycles. The summed E-state index contributed by atoms with van der Waals surface area (Å²) in [4.78, 5) is 0. The van der Waals surface area contributed by atoms with Crippen LogP contribution < -0.4 is 5.32 Å². The molecule has 1 nitrogen and oxygen atoms in total. The molecule has 0 amide bonds. The first-order valence-electron chi connectivity index (χ1n) is 5.14. The second-order valence-electron chi connectivity index (χ2n) is 4.59. The van der Waals surface area contributed by atoms with E-state index < -0.39 is 0 Å². The van der Waals surface area contributed by atoms with Crippen molar-refractivity contribution >= 4 is 5.69 Å². The molecule has 0 bridgehead atoms. The molecule has 1 heterocycles. The quantitative estimate of drug-likeness (QED) is 0.688. The summed E-state index contributed by atoms with van der Waals surface area (Å²) in [6, 6.07) is 8.76. The van der Waals surface area contributed by atoms with Crippen LogP contribution in [0.1, 0.15) is 25.3 Å². The normalized spacial score (nSPS) is 31.2. The van der Waals surface area contributed by atoms with Gasteiger partial charge in [-0.15, -0.1) is 0 Å². The lowest BCUT2D eigenvalue weighted by Gasteiger charge is -2.23. The van der Waals surface area contributed by atoms with Crippen molar-refractivity contribution in [2.24, 2.45) is 5.92 Å². The van der Waals surface area contributed by atoms with E-state index in [1.54, 1.807) is 0 Å². The van der Waals surface area contributed by atoms with Gasteiger partial charge < -0.3 is 5.32 Å². The summed E-state index contributed by atoms with van der Waals surface area (Å²) in [6.07, 6.45) is 2.85. The SMILES string of the molecule is CC1(C2CC2)CNc2ccccc21. The Balaban J connectivity index is 2.10. The molecule has 1 saturated carbocycles. The van der Waals surface area contributed by atoms with Crippen LogP contribution in [0.3, 0.4) is 0 Å². The highest BCUT2D eigenvalue weighted by Crippen LogP contribution is 2.51. The van der Waals surface area contributed by atoms with E-state index in [1.807, 2.05) is 0 Å². The Labute approximate surface area is 79.2 Å². The fourth-order valence-corrected chi connectivity index (χ4v) is 2.59. The molecule has 13 heavy (non-hydrogen) atoms. The average Bonchev–Trinajstić information content (AvgIpc) is 2.95. The van der Waals surface area contributed by atoms with Crippen LogP contribution in [0.5, 0.6) is 0 Å². The number of fused-ring (bicyclic) bond motifs is 1. The summed E-state index contributed by atoms with van der Waals surface area (Å²) in [7, 11) is 0. The molecule has 3 rings (SSSR count). The van der Waals surface area contributed by atoms with Gasteiger partial charge in [-0.3, -0.25) is 0 Å². The fourth-order valence-electron chi connectivity index (χ4n) is 2.59.